The zero-order valence-electron chi connectivity index (χ0n) is 25.5. The topological polar surface area (TPSA) is 165 Å². The standard InChI is InChI=1S/C27H35ClN6O8S/c1-14(2)40-25(35)34(26(36)41-27(6,7)8)24-30-22(28)20-18(11-16(4)42-43(10,37)38)32-33(23(20)31-24)13-19-17(5)21(39-9)15(3)12-29-19/h12,16H,1,11,13H2,2-10H3. The molecule has 0 saturated carbocycles. The molecule has 3 aromatic rings. The Balaban J connectivity index is 2.26. The van der Waals surface area contributed by atoms with Crippen molar-refractivity contribution in [3.05, 3.63) is 46.2 Å². The maximum absolute atomic E-state index is 13.2. The fourth-order valence-corrected chi connectivity index (χ4v) is 5.09. The van der Waals surface area contributed by atoms with E-state index in [4.69, 9.17) is 30.0 Å². The van der Waals surface area contributed by atoms with Gasteiger partial charge in [-0.2, -0.15) is 23.5 Å². The fourth-order valence-electron chi connectivity index (χ4n) is 4.16. The van der Waals surface area contributed by atoms with Gasteiger partial charge in [0.1, 0.15) is 16.5 Å². The van der Waals surface area contributed by atoms with E-state index in [1.54, 1.807) is 41.0 Å². The molecule has 0 aliphatic carbocycles. The molecule has 2 amide bonds. The summed E-state index contributed by atoms with van der Waals surface area (Å²) in [6, 6.07) is 0. The highest BCUT2D eigenvalue weighted by atomic mass is 35.5. The van der Waals surface area contributed by atoms with Gasteiger partial charge in [-0.3, -0.25) is 9.17 Å². The second kappa shape index (κ2) is 12.8. The number of nitrogens with zero attached hydrogens (tertiary/aromatic N) is 6. The summed E-state index contributed by atoms with van der Waals surface area (Å²) in [5.41, 5.74) is 1.62. The molecule has 0 bridgehead atoms. The van der Waals surface area contributed by atoms with E-state index in [9.17, 15) is 18.0 Å². The van der Waals surface area contributed by atoms with Crippen LogP contribution in [0.5, 0.6) is 5.75 Å². The van der Waals surface area contributed by atoms with Gasteiger partial charge in [-0.1, -0.05) is 18.2 Å². The minimum atomic E-state index is -3.77. The Hall–Kier alpha value is -3.82. The average molecular weight is 639 g/mol. The Kier molecular flexibility index (Phi) is 10.0. The third-order valence-corrected chi connectivity index (χ3v) is 6.65. The van der Waals surface area contributed by atoms with Gasteiger partial charge in [-0.25, -0.2) is 14.3 Å². The van der Waals surface area contributed by atoms with Gasteiger partial charge in [0.15, 0.2) is 5.65 Å². The lowest BCUT2D eigenvalue weighted by Gasteiger charge is -2.24. The highest BCUT2D eigenvalue weighted by Gasteiger charge is 2.34. The van der Waals surface area contributed by atoms with Crippen LogP contribution in [0.25, 0.3) is 11.0 Å². The molecule has 43 heavy (non-hydrogen) atoms. The zero-order valence-corrected chi connectivity index (χ0v) is 27.1. The van der Waals surface area contributed by atoms with E-state index >= 15 is 0 Å². The zero-order chi connectivity index (χ0) is 32.4. The summed E-state index contributed by atoms with van der Waals surface area (Å²) in [6.07, 6.45) is -0.495. The minimum Gasteiger partial charge on any atom is -0.496 e. The monoisotopic (exact) mass is 638 g/mol. The Morgan fingerprint density at radius 2 is 1.81 bits per heavy atom. The molecule has 0 aromatic carbocycles. The lowest BCUT2D eigenvalue weighted by atomic mass is 10.1. The lowest BCUT2D eigenvalue weighted by molar-refractivity contribution is 0.0575. The number of anilines is 1. The number of carbonyl (C=O) groups excluding carboxylic acids is 2. The maximum Gasteiger partial charge on any atom is 0.431 e. The van der Waals surface area contributed by atoms with E-state index in [0.717, 1.165) is 17.4 Å². The van der Waals surface area contributed by atoms with Gasteiger partial charge in [0.25, 0.3) is 10.1 Å². The molecule has 0 N–H and O–H groups in total. The van der Waals surface area contributed by atoms with Gasteiger partial charge in [0, 0.05) is 23.7 Å². The summed E-state index contributed by atoms with van der Waals surface area (Å²) in [4.78, 5) is 39.9. The molecular formula is C27H35ClN6O8S. The molecule has 1 unspecified atom stereocenters. The molecule has 0 radical (unpaired) electrons. The van der Waals surface area contributed by atoms with Crippen molar-refractivity contribution < 1.29 is 36.4 Å². The maximum atomic E-state index is 13.2. The van der Waals surface area contributed by atoms with E-state index in [1.165, 1.54) is 11.6 Å². The third kappa shape index (κ3) is 8.39. The van der Waals surface area contributed by atoms with Crippen LogP contribution < -0.4 is 9.64 Å². The van der Waals surface area contributed by atoms with E-state index < -0.39 is 40.0 Å². The Labute approximate surface area is 255 Å². The number of fused-ring (bicyclic) bond motifs is 1. The van der Waals surface area contributed by atoms with Crippen molar-refractivity contribution >= 4 is 50.9 Å². The van der Waals surface area contributed by atoms with Gasteiger partial charge < -0.3 is 14.2 Å². The Bertz CT molecular complexity index is 1680. The second-order valence-electron chi connectivity index (χ2n) is 10.9. The number of carbonyl (C=O) groups is 2. The smallest absolute Gasteiger partial charge is 0.431 e. The molecule has 0 aliphatic heterocycles. The molecule has 234 valence electrons. The van der Waals surface area contributed by atoms with E-state index in [1.807, 2.05) is 13.8 Å². The molecule has 0 fully saturated rings. The first-order valence-electron chi connectivity index (χ1n) is 13.0. The summed E-state index contributed by atoms with van der Waals surface area (Å²) in [6.45, 7) is 15.2. The molecule has 1 atom stereocenters. The van der Waals surface area contributed by atoms with Crippen LogP contribution in [0.15, 0.2) is 18.5 Å². The quantitative estimate of drug-likeness (QED) is 0.178. The summed E-state index contributed by atoms with van der Waals surface area (Å²) >= 11 is 6.64. The lowest BCUT2D eigenvalue weighted by Crippen LogP contribution is -2.42. The van der Waals surface area contributed by atoms with Crippen LogP contribution >= 0.6 is 11.6 Å². The van der Waals surface area contributed by atoms with Gasteiger partial charge in [0.05, 0.1) is 48.5 Å². The normalized spacial score (nSPS) is 12.6. The Morgan fingerprint density at radius 1 is 1.16 bits per heavy atom. The average Bonchev–Trinajstić information content (AvgIpc) is 3.15. The van der Waals surface area contributed by atoms with Crippen LogP contribution in [0.2, 0.25) is 5.15 Å². The number of hydrogen-bond acceptors (Lipinski definition) is 12. The Morgan fingerprint density at radius 3 is 2.37 bits per heavy atom. The fraction of sp³-hybridized carbons (Fsp3) is 0.481. The molecule has 14 nitrogen and oxygen atoms in total. The molecule has 0 saturated heterocycles. The van der Waals surface area contributed by atoms with Crippen LogP contribution in [-0.4, -0.2) is 70.4 Å². The summed E-state index contributed by atoms with van der Waals surface area (Å²) < 4.78 is 46.1. The largest absolute Gasteiger partial charge is 0.496 e. The highest BCUT2D eigenvalue weighted by molar-refractivity contribution is 7.86. The van der Waals surface area contributed by atoms with Crippen LogP contribution in [0, 0.1) is 13.8 Å². The van der Waals surface area contributed by atoms with E-state index in [-0.39, 0.29) is 34.9 Å². The predicted molar refractivity (Wildman–Crippen MR) is 159 cm³/mol. The van der Waals surface area contributed by atoms with Gasteiger partial charge >= 0.3 is 12.2 Å². The first kappa shape index (κ1) is 33.7. The first-order chi connectivity index (χ1) is 19.8. The number of pyridine rings is 1. The minimum absolute atomic E-state index is 0.00722. The SMILES string of the molecule is C=C(C)OC(=O)N(C(=O)OC(C)(C)C)c1nc(Cl)c2c(CC(C)OS(C)(=O)=O)nn(Cc3ncc(C)c(OC)c3C)c2n1. The second-order valence-corrected chi connectivity index (χ2v) is 12.8. The van der Waals surface area contributed by atoms with Crippen molar-refractivity contribution in [1.29, 1.82) is 0 Å². The molecular weight excluding hydrogens is 604 g/mol. The molecule has 0 spiro atoms. The number of methoxy groups -OCH3 is 1. The number of aromatic nitrogens is 5. The predicted octanol–water partition coefficient (Wildman–Crippen LogP) is 4.87. The van der Waals surface area contributed by atoms with Crippen LogP contribution in [-0.2, 0) is 36.7 Å². The highest BCUT2D eigenvalue weighted by Crippen LogP contribution is 2.31. The van der Waals surface area contributed by atoms with Crippen LogP contribution in [0.1, 0.15) is 57.1 Å². The van der Waals surface area contributed by atoms with E-state index in [0.29, 0.717) is 22.0 Å². The summed E-state index contributed by atoms with van der Waals surface area (Å²) in [7, 11) is -2.21. The molecule has 3 aromatic heterocycles. The van der Waals surface area contributed by atoms with Gasteiger partial charge in [0.2, 0.25) is 5.95 Å². The van der Waals surface area contributed by atoms with Crippen molar-refractivity contribution in [2.24, 2.45) is 0 Å². The number of allylic oxidation sites excluding steroid dienone is 1. The number of imide groups is 1. The van der Waals surface area contributed by atoms with Crippen molar-refractivity contribution in [2.75, 3.05) is 18.3 Å². The molecule has 16 heteroatoms. The number of rotatable bonds is 9. The van der Waals surface area contributed by atoms with Crippen molar-refractivity contribution in [3.63, 3.8) is 0 Å². The van der Waals surface area contributed by atoms with Gasteiger partial charge in [-0.05, 0) is 48.5 Å². The third-order valence-electron chi connectivity index (χ3n) is 5.70. The summed E-state index contributed by atoms with van der Waals surface area (Å²) in [5.74, 6) is 0.203. The molecule has 3 heterocycles. The number of amides is 2. The van der Waals surface area contributed by atoms with Crippen molar-refractivity contribution in [3.8, 4) is 5.75 Å². The molecule has 0 aliphatic rings. The van der Waals surface area contributed by atoms with Crippen molar-refractivity contribution in [1.82, 2.24) is 24.7 Å². The number of hydrogen-bond donors (Lipinski definition) is 0. The summed E-state index contributed by atoms with van der Waals surface area (Å²) in [5, 5.41) is 4.72. The number of halogens is 1. The van der Waals surface area contributed by atoms with E-state index in [2.05, 4.69) is 26.6 Å². The van der Waals surface area contributed by atoms with Crippen molar-refractivity contribution in [2.45, 2.75) is 73.1 Å². The first-order valence-corrected chi connectivity index (χ1v) is 15.2. The molecule has 3 rings (SSSR count). The number of aryl methyl sites for hydroxylation is 1. The van der Waals surface area contributed by atoms with Gasteiger partial charge in [-0.15, -0.1) is 4.90 Å². The number of ether oxygens (including phenoxy) is 3. The van der Waals surface area contributed by atoms with Crippen LogP contribution in [0.4, 0.5) is 15.5 Å². The van der Waals surface area contributed by atoms with Crippen LogP contribution in [0.3, 0.4) is 0 Å².